The van der Waals surface area contributed by atoms with Gasteiger partial charge in [-0.05, 0) is 45.8 Å². The van der Waals surface area contributed by atoms with Gasteiger partial charge in [0.15, 0.2) is 23.6 Å². The molecule has 2 rings (SSSR count). The summed E-state index contributed by atoms with van der Waals surface area (Å²) >= 11 is 11.3. The Morgan fingerprint density at radius 3 is 2.77 bits per heavy atom. The van der Waals surface area contributed by atoms with Crippen LogP contribution in [0.2, 0.25) is 0 Å². The highest BCUT2D eigenvalue weighted by Gasteiger charge is 2.29. The summed E-state index contributed by atoms with van der Waals surface area (Å²) < 4.78 is 10.8. The highest BCUT2D eigenvalue weighted by atomic mass is 35.5. The van der Waals surface area contributed by atoms with E-state index < -0.39 is 12.1 Å². The lowest BCUT2D eigenvalue weighted by atomic mass is 10.1. The standard InChI is InChI=1S/C17H25Cl2N3O4/c1-12(13-6-5-7-14(25-10-18)16(13)26-11-19)20-17(23)22(24)15-8-3-4-9-21(15)2/h5-7,12,15,24H,3-4,8-11H2,1-2H3,(H,20,23)/t12?,15-/m0/s1. The molecule has 9 heteroatoms. The molecule has 1 saturated heterocycles. The van der Waals surface area contributed by atoms with Crippen LogP contribution < -0.4 is 14.8 Å². The Morgan fingerprint density at radius 1 is 1.38 bits per heavy atom. The number of amides is 2. The number of hydrogen-bond acceptors (Lipinski definition) is 5. The second-order valence-corrected chi connectivity index (χ2v) is 6.59. The number of piperidine rings is 1. The van der Waals surface area contributed by atoms with E-state index in [0.29, 0.717) is 17.1 Å². The number of nitrogens with zero attached hydrogens (tertiary/aromatic N) is 2. The molecule has 1 heterocycles. The number of carbonyl (C=O) groups is 1. The van der Waals surface area contributed by atoms with Gasteiger partial charge in [-0.25, -0.2) is 4.79 Å². The van der Waals surface area contributed by atoms with Crippen molar-refractivity contribution in [2.24, 2.45) is 0 Å². The van der Waals surface area contributed by atoms with E-state index in [1.54, 1.807) is 25.1 Å². The van der Waals surface area contributed by atoms with Gasteiger partial charge in [-0.3, -0.25) is 10.1 Å². The number of benzene rings is 1. The minimum absolute atomic E-state index is 0.0404. The van der Waals surface area contributed by atoms with E-state index in [4.69, 9.17) is 32.7 Å². The van der Waals surface area contributed by atoms with E-state index in [-0.39, 0.29) is 18.3 Å². The Labute approximate surface area is 163 Å². The molecule has 0 aromatic heterocycles. The number of hydrogen-bond donors (Lipinski definition) is 2. The molecule has 1 fully saturated rings. The monoisotopic (exact) mass is 405 g/mol. The molecule has 1 aliphatic rings. The molecule has 1 aromatic rings. The number of urea groups is 1. The van der Waals surface area contributed by atoms with Crippen molar-refractivity contribution in [2.75, 3.05) is 25.7 Å². The number of hydroxylamine groups is 2. The number of rotatable bonds is 7. The van der Waals surface area contributed by atoms with Crippen molar-refractivity contribution in [1.29, 1.82) is 0 Å². The average molecular weight is 406 g/mol. The van der Waals surface area contributed by atoms with Gasteiger partial charge in [-0.2, -0.15) is 5.06 Å². The van der Waals surface area contributed by atoms with Crippen molar-refractivity contribution in [2.45, 2.75) is 38.4 Å². The third-order valence-electron chi connectivity index (χ3n) is 4.45. The number of alkyl halides is 2. The predicted octanol–water partition coefficient (Wildman–Crippen LogP) is 3.74. The molecule has 7 nitrogen and oxygen atoms in total. The fourth-order valence-corrected chi connectivity index (χ4v) is 3.31. The molecule has 1 aliphatic heterocycles. The topological polar surface area (TPSA) is 74.3 Å². The molecule has 2 atom stereocenters. The van der Waals surface area contributed by atoms with Gasteiger partial charge in [-0.1, -0.05) is 35.3 Å². The van der Waals surface area contributed by atoms with Crippen LogP contribution in [0, 0.1) is 0 Å². The van der Waals surface area contributed by atoms with E-state index in [1.807, 2.05) is 11.9 Å². The predicted molar refractivity (Wildman–Crippen MR) is 100.0 cm³/mol. The number of carbonyl (C=O) groups excluding carboxylic acids is 1. The Morgan fingerprint density at radius 2 is 2.12 bits per heavy atom. The Balaban J connectivity index is 2.12. The van der Waals surface area contributed by atoms with Crippen LogP contribution in [0.15, 0.2) is 18.2 Å². The summed E-state index contributed by atoms with van der Waals surface area (Å²) in [5, 5.41) is 13.8. The fourth-order valence-electron chi connectivity index (χ4n) is 3.09. The Bertz CT molecular complexity index is 605. The summed E-state index contributed by atoms with van der Waals surface area (Å²) in [4.78, 5) is 14.4. The molecule has 26 heavy (non-hydrogen) atoms. The van der Waals surface area contributed by atoms with Crippen LogP contribution in [0.25, 0.3) is 0 Å². The van der Waals surface area contributed by atoms with Crippen molar-refractivity contribution in [3.05, 3.63) is 23.8 Å². The van der Waals surface area contributed by atoms with Gasteiger partial charge in [0.05, 0.1) is 6.04 Å². The van der Waals surface area contributed by atoms with Crippen molar-refractivity contribution >= 4 is 29.2 Å². The minimum atomic E-state index is -0.572. The third-order valence-corrected chi connectivity index (χ3v) is 4.67. The summed E-state index contributed by atoms with van der Waals surface area (Å²) in [6, 6.07) is 4.14. The Hall–Kier alpha value is -1.41. The summed E-state index contributed by atoms with van der Waals surface area (Å²) in [7, 11) is 1.89. The van der Waals surface area contributed by atoms with E-state index in [0.717, 1.165) is 30.9 Å². The van der Waals surface area contributed by atoms with Crippen molar-refractivity contribution < 1.29 is 19.5 Å². The van der Waals surface area contributed by atoms with Gasteiger partial charge < -0.3 is 14.8 Å². The molecular weight excluding hydrogens is 381 g/mol. The first kappa shape index (κ1) is 20.9. The quantitative estimate of drug-likeness (QED) is 0.410. The number of halogens is 2. The first-order chi connectivity index (χ1) is 12.5. The van der Waals surface area contributed by atoms with Crippen molar-refractivity contribution in [3.8, 4) is 11.5 Å². The van der Waals surface area contributed by atoms with E-state index in [2.05, 4.69) is 5.32 Å². The van der Waals surface area contributed by atoms with Gasteiger partial charge in [0, 0.05) is 5.56 Å². The smallest absolute Gasteiger partial charge is 0.343 e. The molecule has 0 aliphatic carbocycles. The lowest BCUT2D eigenvalue weighted by molar-refractivity contribution is -0.133. The molecule has 2 amide bonds. The maximum absolute atomic E-state index is 12.5. The molecular formula is C17H25Cl2N3O4. The molecule has 0 saturated carbocycles. The largest absolute Gasteiger partial charge is 0.474 e. The molecule has 146 valence electrons. The second kappa shape index (κ2) is 10.1. The van der Waals surface area contributed by atoms with Gasteiger partial charge >= 0.3 is 6.03 Å². The maximum atomic E-state index is 12.5. The normalized spacial score (nSPS) is 18.9. The van der Waals surface area contributed by atoms with Gasteiger partial charge in [-0.15, -0.1) is 0 Å². The van der Waals surface area contributed by atoms with Crippen molar-refractivity contribution in [3.63, 3.8) is 0 Å². The zero-order valence-corrected chi connectivity index (χ0v) is 16.5. The zero-order valence-electron chi connectivity index (χ0n) is 15.0. The Kier molecular flexibility index (Phi) is 8.09. The van der Waals surface area contributed by atoms with Crippen LogP contribution in [0.1, 0.15) is 37.8 Å². The second-order valence-electron chi connectivity index (χ2n) is 6.15. The third kappa shape index (κ3) is 5.07. The highest BCUT2D eigenvalue weighted by molar-refractivity contribution is 6.17. The van der Waals surface area contributed by atoms with Crippen LogP contribution >= 0.6 is 23.2 Å². The summed E-state index contributed by atoms with van der Waals surface area (Å²) in [5.74, 6) is 0.849. The molecule has 2 N–H and O–H groups in total. The molecule has 0 radical (unpaired) electrons. The maximum Gasteiger partial charge on any atom is 0.343 e. The molecule has 0 spiro atoms. The first-order valence-electron chi connectivity index (χ1n) is 8.48. The number of ether oxygens (including phenoxy) is 2. The van der Waals surface area contributed by atoms with Crippen LogP contribution in [0.5, 0.6) is 11.5 Å². The number of likely N-dealkylation sites (tertiary alicyclic amines) is 1. The molecule has 0 bridgehead atoms. The lowest BCUT2D eigenvalue weighted by Crippen LogP contribution is -2.53. The number of nitrogens with one attached hydrogen (secondary N) is 1. The van der Waals surface area contributed by atoms with E-state index in [9.17, 15) is 10.0 Å². The van der Waals surface area contributed by atoms with Crippen LogP contribution in [0.4, 0.5) is 4.79 Å². The lowest BCUT2D eigenvalue weighted by Gasteiger charge is -2.37. The average Bonchev–Trinajstić information content (AvgIpc) is 2.63. The summed E-state index contributed by atoms with van der Waals surface area (Å²) in [6.07, 6.45) is 2.43. The van der Waals surface area contributed by atoms with Crippen LogP contribution in [-0.2, 0) is 0 Å². The minimum Gasteiger partial charge on any atom is -0.474 e. The SMILES string of the molecule is CC(NC(=O)N(O)[C@H]1CCCCN1C)c1cccc(OCCl)c1OCCl. The van der Waals surface area contributed by atoms with Crippen LogP contribution in [-0.4, -0.2) is 53.1 Å². The molecule has 1 unspecified atom stereocenters. The summed E-state index contributed by atoms with van der Waals surface area (Å²) in [6.45, 7) is 2.63. The molecule has 1 aromatic carbocycles. The first-order valence-corrected chi connectivity index (χ1v) is 9.55. The number of para-hydroxylation sites is 1. The van der Waals surface area contributed by atoms with Gasteiger partial charge in [0.25, 0.3) is 0 Å². The summed E-state index contributed by atoms with van der Waals surface area (Å²) in [5.41, 5.74) is 0.673. The van der Waals surface area contributed by atoms with E-state index in [1.165, 1.54) is 0 Å². The highest BCUT2D eigenvalue weighted by Crippen LogP contribution is 2.35. The zero-order chi connectivity index (χ0) is 19.1. The van der Waals surface area contributed by atoms with E-state index >= 15 is 0 Å². The van der Waals surface area contributed by atoms with Gasteiger partial charge in [0.1, 0.15) is 6.17 Å². The van der Waals surface area contributed by atoms with Crippen LogP contribution in [0.3, 0.4) is 0 Å². The van der Waals surface area contributed by atoms with Gasteiger partial charge in [0.2, 0.25) is 0 Å². The fraction of sp³-hybridized carbons (Fsp3) is 0.588. The van der Waals surface area contributed by atoms with Crippen molar-refractivity contribution in [1.82, 2.24) is 15.3 Å².